The Balaban J connectivity index is 2.40. The van der Waals surface area contributed by atoms with Gasteiger partial charge in [-0.25, -0.2) is 0 Å². The van der Waals surface area contributed by atoms with Gasteiger partial charge in [0.25, 0.3) is 0 Å². The van der Waals surface area contributed by atoms with Crippen molar-refractivity contribution in [2.45, 2.75) is 112 Å². The summed E-state index contributed by atoms with van der Waals surface area (Å²) in [6, 6.07) is 0. The maximum atomic E-state index is 6.05. The third-order valence-corrected chi connectivity index (χ3v) is 5.36. The van der Waals surface area contributed by atoms with Crippen LogP contribution in [0.4, 0.5) is 0 Å². The summed E-state index contributed by atoms with van der Waals surface area (Å²) < 4.78 is 12.0. The van der Waals surface area contributed by atoms with Crippen molar-refractivity contribution < 1.29 is 9.47 Å². The fraction of sp³-hybridized carbons (Fsp3) is 0.913. The van der Waals surface area contributed by atoms with E-state index in [0.717, 1.165) is 25.9 Å². The highest BCUT2D eigenvalue weighted by Crippen LogP contribution is 2.39. The lowest BCUT2D eigenvalue weighted by Gasteiger charge is -2.36. The van der Waals surface area contributed by atoms with Crippen LogP contribution in [0.1, 0.15) is 99.8 Å². The van der Waals surface area contributed by atoms with Crippen LogP contribution in [0.5, 0.6) is 0 Å². The third-order valence-electron chi connectivity index (χ3n) is 5.36. The van der Waals surface area contributed by atoms with Gasteiger partial charge in [-0.05, 0) is 56.3 Å². The van der Waals surface area contributed by atoms with E-state index in [4.69, 9.17) is 9.47 Å². The first-order valence-corrected chi connectivity index (χ1v) is 10.7. The maximum Gasteiger partial charge on any atom is 0.155 e. The molecule has 1 saturated carbocycles. The van der Waals surface area contributed by atoms with Crippen LogP contribution in [0, 0.1) is 17.3 Å². The van der Waals surface area contributed by atoms with E-state index in [2.05, 4.69) is 54.5 Å². The molecular weight excluding hydrogens is 308 g/mol. The molecule has 0 bridgehead atoms. The zero-order valence-corrected chi connectivity index (χ0v) is 18.1. The summed E-state index contributed by atoms with van der Waals surface area (Å²) in [5.74, 6) is 1.32. The van der Waals surface area contributed by atoms with E-state index in [1.807, 2.05) is 0 Å². The van der Waals surface area contributed by atoms with Gasteiger partial charge in [0.15, 0.2) is 6.29 Å². The van der Waals surface area contributed by atoms with Crippen LogP contribution >= 0.6 is 0 Å². The Hall–Kier alpha value is -0.340. The molecule has 0 heterocycles. The molecule has 1 fully saturated rings. The molecule has 0 saturated heterocycles. The molecule has 0 amide bonds. The molecule has 2 heteroatoms. The Labute approximate surface area is 157 Å². The van der Waals surface area contributed by atoms with Crippen LogP contribution < -0.4 is 0 Å². The minimum absolute atomic E-state index is 0.0646. The molecule has 2 nitrogen and oxygen atoms in total. The standard InChI is InChI=1S/C23H44O2/c1-8-13-20(22(18(2)3)23(5,6)7)14-12-17-24-19(4)25-21-15-10-9-11-16-21/h13,18-19,21-22H,8-12,14-17H2,1-7H3. The van der Waals surface area contributed by atoms with Gasteiger partial charge in [-0.15, -0.1) is 0 Å². The number of hydrogen-bond donors (Lipinski definition) is 0. The molecule has 0 aromatic heterocycles. The normalized spacial score (nSPS) is 20.1. The van der Waals surface area contributed by atoms with E-state index in [1.54, 1.807) is 5.57 Å². The van der Waals surface area contributed by atoms with Gasteiger partial charge < -0.3 is 9.47 Å². The van der Waals surface area contributed by atoms with Crippen LogP contribution in [0.3, 0.4) is 0 Å². The van der Waals surface area contributed by atoms with Crippen LogP contribution in [-0.2, 0) is 9.47 Å². The summed E-state index contributed by atoms with van der Waals surface area (Å²) in [5.41, 5.74) is 1.93. The second kappa shape index (κ2) is 11.4. The highest BCUT2D eigenvalue weighted by Gasteiger charge is 2.30. The van der Waals surface area contributed by atoms with Gasteiger partial charge in [-0.3, -0.25) is 0 Å². The third kappa shape index (κ3) is 8.73. The van der Waals surface area contributed by atoms with Crippen LogP contribution in [-0.4, -0.2) is 19.0 Å². The van der Waals surface area contributed by atoms with Crippen LogP contribution in [0.25, 0.3) is 0 Å². The molecule has 0 N–H and O–H groups in total. The summed E-state index contributed by atoms with van der Waals surface area (Å²) in [5, 5.41) is 0. The first kappa shape index (κ1) is 22.7. The summed E-state index contributed by atoms with van der Waals surface area (Å²) in [6.07, 6.45) is 12.6. The molecule has 0 radical (unpaired) electrons. The van der Waals surface area contributed by atoms with E-state index in [9.17, 15) is 0 Å². The molecular formula is C23H44O2. The molecule has 0 aromatic rings. The van der Waals surface area contributed by atoms with Gasteiger partial charge in [0, 0.05) is 0 Å². The topological polar surface area (TPSA) is 18.5 Å². The SMILES string of the molecule is CCC=C(CCCOC(C)OC1CCCCC1)C(C(C)C)C(C)(C)C. The lowest BCUT2D eigenvalue weighted by atomic mass is 9.69. The fourth-order valence-corrected chi connectivity index (χ4v) is 4.67. The molecule has 148 valence electrons. The minimum Gasteiger partial charge on any atom is -0.353 e. The molecule has 25 heavy (non-hydrogen) atoms. The van der Waals surface area contributed by atoms with Gasteiger partial charge in [0.2, 0.25) is 0 Å². The van der Waals surface area contributed by atoms with E-state index >= 15 is 0 Å². The van der Waals surface area contributed by atoms with Crippen molar-refractivity contribution in [1.82, 2.24) is 0 Å². The monoisotopic (exact) mass is 352 g/mol. The second-order valence-corrected chi connectivity index (χ2v) is 9.21. The summed E-state index contributed by atoms with van der Waals surface area (Å²) in [7, 11) is 0. The van der Waals surface area contributed by atoms with Gasteiger partial charge in [0.05, 0.1) is 12.7 Å². The molecule has 2 atom stereocenters. The van der Waals surface area contributed by atoms with E-state index in [-0.39, 0.29) is 6.29 Å². The highest BCUT2D eigenvalue weighted by molar-refractivity contribution is 5.11. The van der Waals surface area contributed by atoms with Crippen molar-refractivity contribution in [3.63, 3.8) is 0 Å². The summed E-state index contributed by atoms with van der Waals surface area (Å²) >= 11 is 0. The second-order valence-electron chi connectivity index (χ2n) is 9.21. The number of hydrogen-bond acceptors (Lipinski definition) is 2. The van der Waals surface area contributed by atoms with Crippen molar-refractivity contribution in [3.8, 4) is 0 Å². The molecule has 0 aromatic carbocycles. The average Bonchev–Trinajstić information content (AvgIpc) is 2.51. The lowest BCUT2D eigenvalue weighted by molar-refractivity contribution is -0.166. The first-order valence-electron chi connectivity index (χ1n) is 10.7. The predicted octanol–water partition coefficient (Wildman–Crippen LogP) is 7.13. The minimum atomic E-state index is -0.0646. The highest BCUT2D eigenvalue weighted by atomic mass is 16.7. The van der Waals surface area contributed by atoms with E-state index in [0.29, 0.717) is 23.4 Å². The lowest BCUT2D eigenvalue weighted by Crippen LogP contribution is -2.28. The maximum absolute atomic E-state index is 6.05. The average molecular weight is 353 g/mol. The molecule has 2 unspecified atom stereocenters. The summed E-state index contributed by atoms with van der Waals surface area (Å²) in [4.78, 5) is 0. The van der Waals surface area contributed by atoms with Crippen molar-refractivity contribution in [2.24, 2.45) is 17.3 Å². The zero-order valence-electron chi connectivity index (χ0n) is 18.1. The number of rotatable bonds is 10. The van der Waals surface area contributed by atoms with Crippen LogP contribution in [0.15, 0.2) is 11.6 Å². The van der Waals surface area contributed by atoms with E-state index in [1.165, 1.54) is 32.1 Å². The molecule has 1 aliphatic rings. The van der Waals surface area contributed by atoms with Crippen LogP contribution in [0.2, 0.25) is 0 Å². The van der Waals surface area contributed by atoms with Gasteiger partial charge in [-0.2, -0.15) is 0 Å². The Morgan fingerprint density at radius 2 is 1.72 bits per heavy atom. The molecule has 1 rings (SSSR count). The Bertz CT molecular complexity index is 372. The molecule has 0 aliphatic heterocycles. The Morgan fingerprint density at radius 3 is 2.24 bits per heavy atom. The van der Waals surface area contributed by atoms with Gasteiger partial charge in [-0.1, -0.05) is 72.5 Å². The number of allylic oxidation sites excluding steroid dienone is 2. The Kier molecular flexibility index (Phi) is 10.3. The number of ether oxygens (including phenoxy) is 2. The smallest absolute Gasteiger partial charge is 0.155 e. The quantitative estimate of drug-likeness (QED) is 0.236. The van der Waals surface area contributed by atoms with Crippen molar-refractivity contribution in [2.75, 3.05) is 6.61 Å². The van der Waals surface area contributed by atoms with E-state index < -0.39 is 0 Å². The Morgan fingerprint density at radius 1 is 1.08 bits per heavy atom. The first-order chi connectivity index (χ1) is 11.8. The van der Waals surface area contributed by atoms with Crippen molar-refractivity contribution >= 4 is 0 Å². The predicted molar refractivity (Wildman–Crippen MR) is 109 cm³/mol. The van der Waals surface area contributed by atoms with Crippen molar-refractivity contribution in [3.05, 3.63) is 11.6 Å². The zero-order chi connectivity index (χ0) is 18.9. The molecule has 0 spiro atoms. The molecule has 1 aliphatic carbocycles. The van der Waals surface area contributed by atoms with Gasteiger partial charge >= 0.3 is 0 Å². The largest absolute Gasteiger partial charge is 0.353 e. The summed E-state index contributed by atoms with van der Waals surface area (Å²) in [6.45, 7) is 16.9. The van der Waals surface area contributed by atoms with Gasteiger partial charge in [0.1, 0.15) is 0 Å². The van der Waals surface area contributed by atoms with Crippen molar-refractivity contribution in [1.29, 1.82) is 0 Å². The fourth-order valence-electron chi connectivity index (χ4n) is 4.67.